The molecule has 3 rings (SSSR count). The van der Waals surface area contributed by atoms with Crippen molar-refractivity contribution >= 4 is 18.3 Å². The lowest BCUT2D eigenvalue weighted by Crippen LogP contribution is -2.33. The maximum Gasteiger partial charge on any atom is 0.256 e. The standard InChI is InChI=1S/C15H19FN2O.ClH/c1-11-2-3-13(16)12(8-11)14(19)18-7-5-15(10-18)4-6-17-9-15;/h2-3,8,17H,4-7,9-10H2,1H3;1H. The second-order valence-corrected chi connectivity index (χ2v) is 5.89. The van der Waals surface area contributed by atoms with Crippen molar-refractivity contribution in [3.63, 3.8) is 0 Å². The lowest BCUT2D eigenvalue weighted by atomic mass is 9.86. The maximum absolute atomic E-state index is 13.8. The van der Waals surface area contributed by atoms with Gasteiger partial charge in [-0.3, -0.25) is 4.79 Å². The number of rotatable bonds is 1. The molecule has 0 bridgehead atoms. The number of hydrogen-bond acceptors (Lipinski definition) is 2. The van der Waals surface area contributed by atoms with E-state index in [1.165, 1.54) is 6.07 Å². The Labute approximate surface area is 124 Å². The van der Waals surface area contributed by atoms with Crippen LogP contribution in [-0.2, 0) is 0 Å². The highest BCUT2D eigenvalue weighted by molar-refractivity contribution is 5.95. The van der Waals surface area contributed by atoms with E-state index in [0.717, 1.165) is 44.6 Å². The minimum atomic E-state index is -0.416. The van der Waals surface area contributed by atoms with E-state index in [-0.39, 0.29) is 29.3 Å². The van der Waals surface area contributed by atoms with Gasteiger partial charge in [-0.2, -0.15) is 0 Å². The van der Waals surface area contributed by atoms with Crippen molar-refractivity contribution in [3.8, 4) is 0 Å². The van der Waals surface area contributed by atoms with Crippen LogP contribution in [0.15, 0.2) is 18.2 Å². The fraction of sp³-hybridized carbons (Fsp3) is 0.533. The molecule has 0 radical (unpaired) electrons. The van der Waals surface area contributed by atoms with Crippen LogP contribution in [-0.4, -0.2) is 37.0 Å². The van der Waals surface area contributed by atoms with Crippen LogP contribution in [0.3, 0.4) is 0 Å². The molecule has 2 saturated heterocycles. The second kappa shape index (κ2) is 5.70. The third kappa shape index (κ3) is 2.67. The molecule has 1 unspecified atom stereocenters. The first kappa shape index (κ1) is 15.3. The first-order valence-electron chi connectivity index (χ1n) is 6.86. The van der Waals surface area contributed by atoms with E-state index in [0.29, 0.717) is 0 Å². The van der Waals surface area contributed by atoms with Crippen molar-refractivity contribution in [1.82, 2.24) is 10.2 Å². The Balaban J connectivity index is 0.00000147. The predicted molar refractivity (Wildman–Crippen MR) is 78.8 cm³/mol. The lowest BCUT2D eigenvalue weighted by Gasteiger charge is -2.23. The highest BCUT2D eigenvalue weighted by Gasteiger charge is 2.42. The van der Waals surface area contributed by atoms with Crippen molar-refractivity contribution in [1.29, 1.82) is 0 Å². The van der Waals surface area contributed by atoms with Gasteiger partial charge in [0.1, 0.15) is 5.82 Å². The summed E-state index contributed by atoms with van der Waals surface area (Å²) in [6.07, 6.45) is 2.15. The van der Waals surface area contributed by atoms with Gasteiger partial charge in [0.15, 0.2) is 0 Å². The molecule has 1 atom stereocenters. The molecular formula is C15H20ClFN2O. The summed E-state index contributed by atoms with van der Waals surface area (Å²) in [7, 11) is 0. The zero-order chi connectivity index (χ0) is 13.5. The Morgan fingerprint density at radius 1 is 1.40 bits per heavy atom. The Kier molecular flexibility index (Phi) is 4.35. The van der Waals surface area contributed by atoms with Gasteiger partial charge in [0, 0.05) is 25.0 Å². The average Bonchev–Trinajstić information content (AvgIpc) is 3.03. The molecule has 2 fully saturated rings. The monoisotopic (exact) mass is 298 g/mol. The highest BCUT2D eigenvalue weighted by Crippen LogP contribution is 2.36. The molecular weight excluding hydrogens is 279 g/mol. The van der Waals surface area contributed by atoms with Crippen LogP contribution in [0.5, 0.6) is 0 Å². The molecule has 3 nitrogen and oxygen atoms in total. The van der Waals surface area contributed by atoms with Crippen molar-refractivity contribution in [3.05, 3.63) is 35.1 Å². The first-order chi connectivity index (χ1) is 9.10. The van der Waals surface area contributed by atoms with Crippen LogP contribution in [0.25, 0.3) is 0 Å². The highest BCUT2D eigenvalue weighted by atomic mass is 35.5. The molecule has 1 N–H and O–H groups in total. The van der Waals surface area contributed by atoms with Gasteiger partial charge < -0.3 is 10.2 Å². The molecule has 20 heavy (non-hydrogen) atoms. The molecule has 1 aromatic rings. The SMILES string of the molecule is Cc1ccc(F)c(C(=O)N2CCC3(CCNC3)C2)c1.Cl. The van der Waals surface area contributed by atoms with Crippen LogP contribution in [0.4, 0.5) is 4.39 Å². The number of benzene rings is 1. The zero-order valence-corrected chi connectivity index (χ0v) is 12.4. The van der Waals surface area contributed by atoms with Crippen molar-refractivity contribution in [2.75, 3.05) is 26.2 Å². The summed E-state index contributed by atoms with van der Waals surface area (Å²) in [6.45, 7) is 5.39. The van der Waals surface area contributed by atoms with Crippen molar-refractivity contribution in [2.45, 2.75) is 19.8 Å². The minimum absolute atomic E-state index is 0. The average molecular weight is 299 g/mol. The number of amides is 1. The first-order valence-corrected chi connectivity index (χ1v) is 6.86. The largest absolute Gasteiger partial charge is 0.338 e. The summed E-state index contributed by atoms with van der Waals surface area (Å²) in [5, 5.41) is 3.36. The number of carbonyl (C=O) groups is 1. The van der Waals surface area contributed by atoms with Crippen LogP contribution in [0, 0.1) is 18.2 Å². The summed E-state index contributed by atoms with van der Waals surface area (Å²) in [5.74, 6) is -0.578. The van der Waals surface area contributed by atoms with Crippen LogP contribution < -0.4 is 5.32 Å². The van der Waals surface area contributed by atoms with Gasteiger partial charge in [-0.05, 0) is 38.4 Å². The topological polar surface area (TPSA) is 32.3 Å². The molecule has 2 aliphatic rings. The van der Waals surface area contributed by atoms with Crippen molar-refractivity contribution in [2.24, 2.45) is 5.41 Å². The van der Waals surface area contributed by atoms with E-state index in [2.05, 4.69) is 5.32 Å². The van der Waals surface area contributed by atoms with Crippen LogP contribution in [0.1, 0.15) is 28.8 Å². The normalized spacial score (nSPS) is 25.0. The number of halogens is 2. The number of likely N-dealkylation sites (tertiary alicyclic amines) is 1. The van der Waals surface area contributed by atoms with E-state index in [1.54, 1.807) is 12.1 Å². The fourth-order valence-electron chi connectivity index (χ4n) is 3.23. The minimum Gasteiger partial charge on any atom is -0.338 e. The Hall–Kier alpha value is -1.13. The summed E-state index contributed by atoms with van der Waals surface area (Å²) in [4.78, 5) is 14.2. The molecule has 1 spiro atoms. The molecule has 0 aromatic heterocycles. The molecule has 0 aliphatic carbocycles. The van der Waals surface area contributed by atoms with E-state index < -0.39 is 5.82 Å². The van der Waals surface area contributed by atoms with Crippen LogP contribution >= 0.6 is 12.4 Å². The van der Waals surface area contributed by atoms with E-state index in [4.69, 9.17) is 0 Å². The molecule has 1 aromatic carbocycles. The third-order valence-corrected chi connectivity index (χ3v) is 4.41. The van der Waals surface area contributed by atoms with Crippen molar-refractivity contribution < 1.29 is 9.18 Å². The van der Waals surface area contributed by atoms with Gasteiger partial charge in [-0.1, -0.05) is 11.6 Å². The summed E-state index contributed by atoms with van der Waals surface area (Å²) >= 11 is 0. The number of nitrogens with one attached hydrogen (secondary N) is 1. The molecule has 110 valence electrons. The number of hydrogen-bond donors (Lipinski definition) is 1. The Morgan fingerprint density at radius 2 is 2.20 bits per heavy atom. The van der Waals surface area contributed by atoms with Gasteiger partial charge in [0.2, 0.25) is 0 Å². The molecule has 2 heterocycles. The molecule has 2 aliphatic heterocycles. The summed E-state index contributed by atoms with van der Waals surface area (Å²) in [6, 6.07) is 4.72. The van der Waals surface area contributed by atoms with Gasteiger partial charge in [-0.25, -0.2) is 4.39 Å². The lowest BCUT2D eigenvalue weighted by molar-refractivity contribution is 0.0771. The Bertz CT molecular complexity index is 515. The molecule has 1 amide bonds. The second-order valence-electron chi connectivity index (χ2n) is 5.89. The van der Waals surface area contributed by atoms with Gasteiger partial charge in [0.05, 0.1) is 5.56 Å². The van der Waals surface area contributed by atoms with Gasteiger partial charge in [0.25, 0.3) is 5.91 Å². The fourth-order valence-corrected chi connectivity index (χ4v) is 3.23. The maximum atomic E-state index is 13.8. The Morgan fingerprint density at radius 3 is 2.90 bits per heavy atom. The smallest absolute Gasteiger partial charge is 0.256 e. The predicted octanol–water partition coefficient (Wildman–Crippen LogP) is 2.38. The van der Waals surface area contributed by atoms with Gasteiger partial charge >= 0.3 is 0 Å². The summed E-state index contributed by atoms with van der Waals surface area (Å²) < 4.78 is 13.8. The van der Waals surface area contributed by atoms with E-state index >= 15 is 0 Å². The van der Waals surface area contributed by atoms with Crippen LogP contribution in [0.2, 0.25) is 0 Å². The zero-order valence-electron chi connectivity index (χ0n) is 11.6. The van der Waals surface area contributed by atoms with Gasteiger partial charge in [-0.15, -0.1) is 12.4 Å². The third-order valence-electron chi connectivity index (χ3n) is 4.41. The van der Waals surface area contributed by atoms with E-state index in [9.17, 15) is 9.18 Å². The molecule has 0 saturated carbocycles. The number of aryl methyl sites for hydroxylation is 1. The number of nitrogens with zero attached hydrogens (tertiary/aromatic N) is 1. The molecule has 5 heteroatoms. The quantitative estimate of drug-likeness (QED) is 0.863. The number of carbonyl (C=O) groups excluding carboxylic acids is 1. The van der Waals surface area contributed by atoms with E-state index in [1.807, 2.05) is 11.8 Å². The summed E-state index contributed by atoms with van der Waals surface area (Å²) in [5.41, 5.74) is 1.36.